The van der Waals surface area contributed by atoms with Gasteiger partial charge in [-0.05, 0) is 55.5 Å². The molecule has 1 heterocycles. The van der Waals surface area contributed by atoms with Gasteiger partial charge < -0.3 is 25.4 Å². The third kappa shape index (κ3) is 5.14. The smallest absolute Gasteiger partial charge is 0.257 e. The molecule has 0 aliphatic heterocycles. The van der Waals surface area contributed by atoms with Crippen LogP contribution < -0.4 is 10.6 Å². The molecule has 2 rings (SSSR count). The summed E-state index contributed by atoms with van der Waals surface area (Å²) in [7, 11) is 1.67. The number of carbonyl (C=O) groups is 2. The van der Waals surface area contributed by atoms with Crippen molar-refractivity contribution in [2.24, 2.45) is 12.5 Å². The van der Waals surface area contributed by atoms with E-state index in [1.165, 1.54) is 18.2 Å². The number of aliphatic hydroxyl groups is 2. The molecule has 1 aromatic carbocycles. The van der Waals surface area contributed by atoms with Crippen molar-refractivity contribution in [2.45, 2.75) is 53.7 Å². The molecule has 0 saturated carbocycles. The van der Waals surface area contributed by atoms with E-state index in [2.05, 4.69) is 10.6 Å². The fourth-order valence-electron chi connectivity index (χ4n) is 3.55. The van der Waals surface area contributed by atoms with E-state index in [9.17, 15) is 24.2 Å². The summed E-state index contributed by atoms with van der Waals surface area (Å²) >= 11 is 0. The summed E-state index contributed by atoms with van der Waals surface area (Å²) in [5, 5.41) is 25.8. The van der Waals surface area contributed by atoms with Crippen LogP contribution in [0.15, 0.2) is 18.2 Å². The summed E-state index contributed by atoms with van der Waals surface area (Å²) in [6.07, 6.45) is -1.52. The fourth-order valence-corrected chi connectivity index (χ4v) is 3.55. The number of rotatable bonds is 6. The Hall–Kier alpha value is -2.71. The van der Waals surface area contributed by atoms with E-state index in [0.29, 0.717) is 33.8 Å². The van der Waals surface area contributed by atoms with Gasteiger partial charge in [0, 0.05) is 18.4 Å². The predicted molar refractivity (Wildman–Crippen MR) is 117 cm³/mol. The molecular formula is C23H32FN3O4. The van der Waals surface area contributed by atoms with Gasteiger partial charge in [-0.2, -0.15) is 0 Å². The quantitative estimate of drug-likeness (QED) is 0.562. The maximum absolute atomic E-state index is 13.5. The van der Waals surface area contributed by atoms with Crippen molar-refractivity contribution in [3.05, 3.63) is 52.1 Å². The van der Waals surface area contributed by atoms with Gasteiger partial charge in [0.15, 0.2) is 6.10 Å². The van der Waals surface area contributed by atoms with Crippen LogP contribution in [0.2, 0.25) is 0 Å². The number of anilines is 1. The molecule has 170 valence electrons. The van der Waals surface area contributed by atoms with Crippen molar-refractivity contribution in [1.82, 2.24) is 9.88 Å². The van der Waals surface area contributed by atoms with Gasteiger partial charge in [-0.3, -0.25) is 9.59 Å². The Morgan fingerprint density at radius 3 is 2.32 bits per heavy atom. The largest absolute Gasteiger partial charge is 0.394 e. The van der Waals surface area contributed by atoms with E-state index in [-0.39, 0.29) is 12.4 Å². The van der Waals surface area contributed by atoms with Crippen LogP contribution in [0.25, 0.3) is 0 Å². The van der Waals surface area contributed by atoms with E-state index >= 15 is 0 Å². The fraction of sp³-hybridized carbons (Fsp3) is 0.478. The first-order valence-electron chi connectivity index (χ1n) is 10.1. The van der Waals surface area contributed by atoms with Gasteiger partial charge in [-0.1, -0.05) is 20.8 Å². The van der Waals surface area contributed by atoms with E-state index in [1.54, 1.807) is 32.4 Å². The minimum atomic E-state index is -1.52. The number of nitrogens with one attached hydrogen (secondary N) is 2. The molecule has 1 unspecified atom stereocenters. The molecule has 31 heavy (non-hydrogen) atoms. The second-order valence-corrected chi connectivity index (χ2v) is 8.96. The Labute approximate surface area is 182 Å². The molecule has 8 heteroatoms. The van der Waals surface area contributed by atoms with E-state index < -0.39 is 29.4 Å². The first kappa shape index (κ1) is 24.6. The highest BCUT2D eigenvalue weighted by molar-refractivity contribution is 6.06. The Morgan fingerprint density at radius 1 is 1.19 bits per heavy atom. The number of aromatic nitrogens is 1. The third-order valence-corrected chi connectivity index (χ3v) is 5.68. The lowest BCUT2D eigenvalue weighted by atomic mass is 9.87. The number of carbonyl (C=O) groups excluding carboxylic acids is 2. The van der Waals surface area contributed by atoms with Crippen LogP contribution in [0.5, 0.6) is 0 Å². The number of hydrogen-bond donors (Lipinski definition) is 4. The Balaban J connectivity index is 2.33. The number of hydrogen-bond acceptors (Lipinski definition) is 4. The predicted octanol–water partition coefficient (Wildman–Crippen LogP) is 2.90. The van der Waals surface area contributed by atoms with Gasteiger partial charge in [-0.25, -0.2) is 4.39 Å². The number of aryl methyl sites for hydroxylation is 1. The molecule has 1 aromatic heterocycles. The lowest BCUT2D eigenvalue weighted by Gasteiger charge is -2.30. The lowest BCUT2D eigenvalue weighted by Crippen LogP contribution is -2.48. The molecule has 0 spiro atoms. The second kappa shape index (κ2) is 9.20. The monoisotopic (exact) mass is 433 g/mol. The van der Waals surface area contributed by atoms with Crippen molar-refractivity contribution >= 4 is 17.5 Å². The molecule has 2 aromatic rings. The van der Waals surface area contributed by atoms with Crippen LogP contribution in [0.4, 0.5) is 10.1 Å². The van der Waals surface area contributed by atoms with Crippen LogP contribution in [0.3, 0.4) is 0 Å². The number of aliphatic hydroxyl groups excluding tert-OH is 2. The topological polar surface area (TPSA) is 104 Å². The second-order valence-electron chi connectivity index (χ2n) is 8.96. The molecular weight excluding hydrogens is 401 g/mol. The first-order chi connectivity index (χ1) is 14.3. The maximum atomic E-state index is 13.5. The third-order valence-electron chi connectivity index (χ3n) is 5.68. The van der Waals surface area contributed by atoms with Crippen LogP contribution in [0, 0.1) is 32.0 Å². The maximum Gasteiger partial charge on any atom is 0.257 e. The number of benzene rings is 1. The minimum Gasteiger partial charge on any atom is -0.394 e. The summed E-state index contributed by atoms with van der Waals surface area (Å²) < 4.78 is 15.1. The summed E-state index contributed by atoms with van der Waals surface area (Å²) in [4.78, 5) is 25.6. The molecule has 0 radical (unpaired) electrons. The zero-order valence-electron chi connectivity index (χ0n) is 19.1. The van der Waals surface area contributed by atoms with Crippen molar-refractivity contribution < 1.29 is 24.2 Å². The Bertz CT molecular complexity index is 992. The molecule has 7 nitrogen and oxygen atoms in total. The normalized spacial score (nSPS) is 13.6. The van der Waals surface area contributed by atoms with Crippen molar-refractivity contribution in [2.75, 3.05) is 11.9 Å². The molecule has 0 fully saturated rings. The van der Waals surface area contributed by atoms with Crippen molar-refractivity contribution in [3.63, 3.8) is 0 Å². The highest BCUT2D eigenvalue weighted by Gasteiger charge is 2.32. The van der Waals surface area contributed by atoms with Crippen molar-refractivity contribution in [1.29, 1.82) is 0 Å². The lowest BCUT2D eigenvalue weighted by molar-refractivity contribution is -0.132. The zero-order valence-corrected chi connectivity index (χ0v) is 19.1. The molecule has 4 N–H and O–H groups in total. The van der Waals surface area contributed by atoms with Gasteiger partial charge in [0.1, 0.15) is 5.82 Å². The summed E-state index contributed by atoms with van der Waals surface area (Å²) in [6, 6.07) is 3.74. The highest BCUT2D eigenvalue weighted by atomic mass is 19.1. The highest BCUT2D eigenvalue weighted by Crippen LogP contribution is 2.28. The average molecular weight is 434 g/mol. The van der Waals surface area contributed by atoms with Crippen LogP contribution >= 0.6 is 0 Å². The van der Waals surface area contributed by atoms with Crippen LogP contribution in [-0.4, -0.2) is 39.2 Å². The molecule has 0 bridgehead atoms. The Morgan fingerprint density at radius 2 is 1.81 bits per heavy atom. The van der Waals surface area contributed by atoms with Gasteiger partial charge >= 0.3 is 0 Å². The number of amides is 2. The van der Waals surface area contributed by atoms with Crippen molar-refractivity contribution in [3.8, 4) is 0 Å². The number of nitrogens with zero attached hydrogens (tertiary/aromatic N) is 1. The summed E-state index contributed by atoms with van der Waals surface area (Å²) in [5.41, 5.74) is 2.12. The molecule has 2 amide bonds. The Kier molecular flexibility index (Phi) is 7.28. The molecule has 2 atom stereocenters. The first-order valence-corrected chi connectivity index (χ1v) is 10.1. The molecule has 0 aliphatic rings. The zero-order chi connectivity index (χ0) is 23.7. The average Bonchev–Trinajstić information content (AvgIpc) is 2.89. The van der Waals surface area contributed by atoms with E-state index in [1.807, 2.05) is 20.8 Å². The van der Waals surface area contributed by atoms with Gasteiger partial charge in [0.05, 0.1) is 23.9 Å². The summed E-state index contributed by atoms with van der Waals surface area (Å²) in [6.45, 7) is 10.3. The minimum absolute atomic E-state index is 0.266. The van der Waals surface area contributed by atoms with Gasteiger partial charge in [0.2, 0.25) is 0 Å². The van der Waals surface area contributed by atoms with Crippen LogP contribution in [-0.2, 0) is 11.8 Å². The number of halogens is 1. The standard InChI is InChI=1S/C23H32FN3O4/c1-12-10-15(8-9-16(12)24)25-21(30)18-13(2)19(27(7)14(18)3)20(29)22(31)26-17(11-28)23(4,5)6/h8-10,17,20,28-29H,11H2,1-7H3,(H,25,30)(H,26,31)/t17-,20?/m1/s1. The summed E-state index contributed by atoms with van der Waals surface area (Å²) in [5.74, 6) is -1.44. The van der Waals surface area contributed by atoms with Crippen LogP contribution in [0.1, 0.15) is 59.7 Å². The molecule has 0 saturated heterocycles. The van der Waals surface area contributed by atoms with Gasteiger partial charge in [0.25, 0.3) is 11.8 Å². The van der Waals surface area contributed by atoms with E-state index in [0.717, 1.165) is 0 Å². The van der Waals surface area contributed by atoms with E-state index in [4.69, 9.17) is 0 Å². The SMILES string of the molecule is Cc1cc(NC(=O)c2c(C)c(C(O)C(=O)N[C@H](CO)C(C)(C)C)n(C)c2C)ccc1F. The van der Waals surface area contributed by atoms with Gasteiger partial charge in [-0.15, -0.1) is 0 Å². The molecule has 0 aliphatic carbocycles.